The molecule has 1 fully saturated rings. The maximum absolute atomic E-state index is 13.8. The molecule has 33 heavy (non-hydrogen) atoms. The molecule has 166 valence electrons. The standard InChI is InChI=1S/C25H22ClN5O2/c1-15-27-23-21(25(32)30(15)13-16-7-2-3-9-18(16)26)22-24(31(23)14-17-8-6-12-33-17)29-20-11-5-4-10-19(20)28-22/h2-5,7,9-11,17H,6,8,12-14H2,1H3/t17-/m0/s1. The van der Waals surface area contributed by atoms with Crippen LogP contribution in [0.2, 0.25) is 5.02 Å². The Bertz CT molecular complexity index is 1580. The van der Waals surface area contributed by atoms with Crippen molar-refractivity contribution in [3.8, 4) is 0 Å². The van der Waals surface area contributed by atoms with Crippen molar-refractivity contribution in [3.63, 3.8) is 0 Å². The maximum Gasteiger partial charge on any atom is 0.265 e. The first-order valence-electron chi connectivity index (χ1n) is 11.1. The molecule has 1 saturated heterocycles. The Labute approximate surface area is 194 Å². The van der Waals surface area contributed by atoms with E-state index in [1.54, 1.807) is 4.57 Å². The minimum atomic E-state index is -0.141. The molecule has 1 atom stereocenters. The van der Waals surface area contributed by atoms with Crippen LogP contribution in [-0.2, 0) is 17.8 Å². The van der Waals surface area contributed by atoms with Gasteiger partial charge in [-0.2, -0.15) is 0 Å². The van der Waals surface area contributed by atoms with Gasteiger partial charge >= 0.3 is 0 Å². The number of benzene rings is 2. The second-order valence-electron chi connectivity index (χ2n) is 8.47. The Morgan fingerprint density at radius 3 is 2.52 bits per heavy atom. The molecule has 1 aliphatic heterocycles. The molecule has 6 rings (SSSR count). The summed E-state index contributed by atoms with van der Waals surface area (Å²) in [4.78, 5) is 28.5. The summed E-state index contributed by atoms with van der Waals surface area (Å²) >= 11 is 6.38. The summed E-state index contributed by atoms with van der Waals surface area (Å²) in [7, 11) is 0. The molecule has 3 aromatic heterocycles. The van der Waals surface area contributed by atoms with Crippen LogP contribution < -0.4 is 5.56 Å². The quantitative estimate of drug-likeness (QED) is 0.396. The van der Waals surface area contributed by atoms with Crippen LogP contribution in [0.4, 0.5) is 0 Å². The highest BCUT2D eigenvalue weighted by Crippen LogP contribution is 2.28. The Morgan fingerprint density at radius 1 is 1.00 bits per heavy atom. The third-order valence-electron chi connectivity index (χ3n) is 6.34. The van der Waals surface area contributed by atoms with Crippen LogP contribution in [0.15, 0.2) is 53.3 Å². The van der Waals surface area contributed by atoms with Gasteiger partial charge in [-0.05, 0) is 43.5 Å². The summed E-state index contributed by atoms with van der Waals surface area (Å²) in [5.74, 6) is 0.619. The van der Waals surface area contributed by atoms with Crippen molar-refractivity contribution < 1.29 is 4.74 Å². The van der Waals surface area contributed by atoms with Crippen LogP contribution in [0.5, 0.6) is 0 Å². The number of nitrogens with zero attached hydrogens (tertiary/aromatic N) is 5. The lowest BCUT2D eigenvalue weighted by atomic mass is 10.2. The predicted molar refractivity (Wildman–Crippen MR) is 129 cm³/mol. The minimum absolute atomic E-state index is 0.0738. The molecule has 0 amide bonds. The average molecular weight is 460 g/mol. The molecule has 5 aromatic rings. The summed E-state index contributed by atoms with van der Waals surface area (Å²) in [6.07, 6.45) is 2.09. The van der Waals surface area contributed by atoms with Crippen LogP contribution in [0.3, 0.4) is 0 Å². The van der Waals surface area contributed by atoms with E-state index in [9.17, 15) is 4.79 Å². The third kappa shape index (κ3) is 3.39. The molecule has 0 N–H and O–H groups in total. The zero-order valence-corrected chi connectivity index (χ0v) is 18.9. The van der Waals surface area contributed by atoms with Crippen molar-refractivity contribution in [1.82, 2.24) is 24.1 Å². The van der Waals surface area contributed by atoms with Crippen LogP contribution in [0.1, 0.15) is 24.2 Å². The topological polar surface area (TPSA) is 74.8 Å². The second kappa shape index (κ2) is 7.93. The first kappa shape index (κ1) is 20.3. The maximum atomic E-state index is 13.8. The average Bonchev–Trinajstić information content (AvgIpc) is 3.43. The normalized spacial score (nSPS) is 16.4. The predicted octanol–water partition coefficient (Wildman–Crippen LogP) is 4.48. The minimum Gasteiger partial charge on any atom is -0.376 e. The van der Waals surface area contributed by atoms with Gasteiger partial charge in [-0.15, -0.1) is 0 Å². The number of ether oxygens (including phenoxy) is 1. The summed E-state index contributed by atoms with van der Waals surface area (Å²) in [5.41, 5.74) is 4.11. The number of fused-ring (bicyclic) bond motifs is 4. The molecule has 0 aliphatic carbocycles. The first-order valence-corrected chi connectivity index (χ1v) is 11.5. The van der Waals surface area contributed by atoms with Crippen LogP contribution in [0, 0.1) is 6.92 Å². The lowest BCUT2D eigenvalue weighted by Crippen LogP contribution is -2.25. The van der Waals surface area contributed by atoms with Gasteiger partial charge in [0.2, 0.25) is 0 Å². The number of aromatic nitrogens is 5. The van der Waals surface area contributed by atoms with Gasteiger partial charge < -0.3 is 9.30 Å². The number of halogens is 1. The van der Waals surface area contributed by atoms with Crippen molar-refractivity contribution in [2.24, 2.45) is 0 Å². The number of para-hydroxylation sites is 2. The highest BCUT2D eigenvalue weighted by molar-refractivity contribution is 6.31. The van der Waals surface area contributed by atoms with Gasteiger partial charge in [0.05, 0.1) is 30.2 Å². The molecular formula is C25H22ClN5O2. The molecule has 0 bridgehead atoms. The van der Waals surface area contributed by atoms with Crippen molar-refractivity contribution in [3.05, 3.63) is 75.3 Å². The Morgan fingerprint density at radius 2 is 1.76 bits per heavy atom. The van der Waals surface area contributed by atoms with E-state index in [1.165, 1.54) is 0 Å². The summed E-state index contributed by atoms with van der Waals surface area (Å²) in [6.45, 7) is 3.54. The fourth-order valence-corrected chi connectivity index (χ4v) is 4.84. The Hall–Kier alpha value is -3.29. The Kier molecular flexibility index (Phi) is 4.89. The van der Waals surface area contributed by atoms with E-state index in [2.05, 4.69) is 0 Å². The monoisotopic (exact) mass is 459 g/mol. The van der Waals surface area contributed by atoms with Gasteiger partial charge in [-0.1, -0.05) is 41.9 Å². The number of hydrogen-bond acceptors (Lipinski definition) is 5. The number of rotatable bonds is 4. The summed E-state index contributed by atoms with van der Waals surface area (Å²) in [5, 5.41) is 1.11. The lowest BCUT2D eigenvalue weighted by Gasteiger charge is -2.14. The van der Waals surface area contributed by atoms with Crippen LogP contribution in [-0.4, -0.2) is 36.8 Å². The van der Waals surface area contributed by atoms with E-state index in [-0.39, 0.29) is 11.7 Å². The molecule has 2 aromatic carbocycles. The number of aryl methyl sites for hydroxylation is 1. The fourth-order valence-electron chi connectivity index (χ4n) is 4.64. The zero-order chi connectivity index (χ0) is 22.5. The number of hydrogen-bond donors (Lipinski definition) is 0. The van der Waals surface area contributed by atoms with Crippen LogP contribution >= 0.6 is 11.6 Å². The van der Waals surface area contributed by atoms with Gasteiger partial charge in [0.25, 0.3) is 5.56 Å². The SMILES string of the molecule is Cc1nc2c(c(=O)n1Cc1ccccc1Cl)c1nc3ccccc3nc1n2C[C@@H]1CCCO1. The third-order valence-corrected chi connectivity index (χ3v) is 6.71. The molecule has 0 spiro atoms. The van der Waals surface area contributed by atoms with Gasteiger partial charge in [0.15, 0.2) is 11.3 Å². The highest BCUT2D eigenvalue weighted by Gasteiger charge is 2.25. The molecular weight excluding hydrogens is 438 g/mol. The van der Waals surface area contributed by atoms with Crippen molar-refractivity contribution in [2.75, 3.05) is 6.61 Å². The molecule has 1 aliphatic rings. The zero-order valence-electron chi connectivity index (χ0n) is 18.2. The fraction of sp³-hybridized carbons (Fsp3) is 0.280. The molecule has 0 saturated carbocycles. The summed E-state index contributed by atoms with van der Waals surface area (Å²) in [6, 6.07) is 15.3. The smallest absolute Gasteiger partial charge is 0.265 e. The Balaban J connectivity index is 1.63. The van der Waals surface area contributed by atoms with Crippen molar-refractivity contribution in [2.45, 2.75) is 39.0 Å². The van der Waals surface area contributed by atoms with Crippen molar-refractivity contribution in [1.29, 1.82) is 0 Å². The van der Waals surface area contributed by atoms with Gasteiger partial charge in [-0.25, -0.2) is 15.0 Å². The largest absolute Gasteiger partial charge is 0.376 e. The van der Waals surface area contributed by atoms with E-state index in [0.29, 0.717) is 46.1 Å². The van der Waals surface area contributed by atoms with E-state index < -0.39 is 0 Å². The van der Waals surface area contributed by atoms with Gasteiger partial charge in [0, 0.05) is 11.6 Å². The highest BCUT2D eigenvalue weighted by atomic mass is 35.5. The summed E-state index contributed by atoms with van der Waals surface area (Å²) < 4.78 is 9.56. The lowest BCUT2D eigenvalue weighted by molar-refractivity contribution is 0.0987. The molecule has 7 nitrogen and oxygen atoms in total. The van der Waals surface area contributed by atoms with E-state index >= 15 is 0 Å². The molecule has 0 unspecified atom stereocenters. The molecule has 0 radical (unpaired) electrons. The van der Waals surface area contributed by atoms with Gasteiger partial charge in [-0.3, -0.25) is 9.36 Å². The van der Waals surface area contributed by atoms with E-state index in [0.717, 1.165) is 36.0 Å². The van der Waals surface area contributed by atoms with Crippen molar-refractivity contribution >= 4 is 44.8 Å². The van der Waals surface area contributed by atoms with Crippen LogP contribution in [0.25, 0.3) is 33.2 Å². The molecule has 4 heterocycles. The van der Waals surface area contributed by atoms with E-state index in [1.807, 2.05) is 60.0 Å². The second-order valence-corrected chi connectivity index (χ2v) is 8.88. The van der Waals surface area contributed by atoms with Gasteiger partial charge in [0.1, 0.15) is 16.7 Å². The first-order chi connectivity index (χ1) is 16.1. The van der Waals surface area contributed by atoms with E-state index in [4.69, 9.17) is 31.3 Å². The molecule has 8 heteroatoms.